The lowest BCUT2D eigenvalue weighted by molar-refractivity contribution is 0.0966. The number of benzene rings is 3. The second-order valence-corrected chi connectivity index (χ2v) is 11.7. The number of Topliss-reactive ketones (excluding diaryl/α,β-unsaturated/α-hetero) is 3. The number of hydrogen-bond acceptors (Lipinski definition) is 12. The Morgan fingerprint density at radius 3 is 1.02 bits per heavy atom. The highest BCUT2D eigenvalue weighted by Gasteiger charge is 2.33. The van der Waals surface area contributed by atoms with Gasteiger partial charge in [0.25, 0.3) is 0 Å². The van der Waals surface area contributed by atoms with E-state index in [2.05, 4.69) is 0 Å². The molecule has 12 nitrogen and oxygen atoms in total. The minimum Gasteiger partial charge on any atom is -0.507 e. The highest BCUT2D eigenvalue weighted by atomic mass is 16.5. The molecule has 0 aliphatic rings. The second kappa shape index (κ2) is 15.2. The number of ketones is 3. The van der Waals surface area contributed by atoms with E-state index in [0.717, 1.165) is 0 Å². The molecular formula is C36H44O12. The lowest BCUT2D eigenvalue weighted by Crippen LogP contribution is -2.09. The van der Waals surface area contributed by atoms with Crippen LogP contribution in [0.25, 0.3) is 0 Å². The Balaban J connectivity index is 2.42. The summed E-state index contributed by atoms with van der Waals surface area (Å²) < 4.78 is 10.7. The van der Waals surface area contributed by atoms with Gasteiger partial charge in [-0.25, -0.2) is 0 Å². The van der Waals surface area contributed by atoms with Gasteiger partial charge in [0.05, 0.1) is 14.2 Å². The van der Waals surface area contributed by atoms with Crippen LogP contribution in [0.4, 0.5) is 0 Å². The highest BCUT2D eigenvalue weighted by Crippen LogP contribution is 2.51. The van der Waals surface area contributed by atoms with E-state index in [1.54, 1.807) is 20.8 Å². The van der Waals surface area contributed by atoms with Gasteiger partial charge in [0.1, 0.15) is 68.4 Å². The van der Waals surface area contributed by atoms with Gasteiger partial charge in [0.15, 0.2) is 17.3 Å². The van der Waals surface area contributed by atoms with Gasteiger partial charge in [0.2, 0.25) is 0 Å². The fraction of sp³-hybridized carbons (Fsp3) is 0.417. The first-order chi connectivity index (χ1) is 22.6. The number of carbonyl (C=O) groups excluding carboxylic acids is 3. The molecule has 0 atom stereocenters. The fourth-order valence-corrected chi connectivity index (χ4v) is 5.98. The number of aromatic hydroxyl groups is 7. The SMILES string of the molecule is CCCC(=O)c1c(O)c(Cc2c(O)c(C)c(OC)c(C(=O)CCC)c2O)c(O)c(Cc2c(O)c(C)c(OC)c(C(=O)CCC)c2O)c1O. The Hall–Kier alpha value is -5.13. The average molecular weight is 669 g/mol. The summed E-state index contributed by atoms with van der Waals surface area (Å²) in [5, 5.41) is 79.2. The number of methoxy groups -OCH3 is 2. The van der Waals surface area contributed by atoms with Crippen LogP contribution in [0.3, 0.4) is 0 Å². The largest absolute Gasteiger partial charge is 0.507 e. The maximum Gasteiger partial charge on any atom is 0.170 e. The number of phenols is 7. The van der Waals surface area contributed by atoms with Gasteiger partial charge in [-0.1, -0.05) is 20.8 Å². The molecule has 0 aromatic heterocycles. The predicted molar refractivity (Wildman–Crippen MR) is 177 cm³/mol. The zero-order chi connectivity index (χ0) is 36.2. The second-order valence-electron chi connectivity index (χ2n) is 11.7. The molecule has 0 aliphatic heterocycles. The van der Waals surface area contributed by atoms with Crippen molar-refractivity contribution >= 4 is 17.3 Å². The summed E-state index contributed by atoms with van der Waals surface area (Å²) >= 11 is 0. The molecule has 3 aromatic carbocycles. The van der Waals surface area contributed by atoms with Crippen LogP contribution in [-0.4, -0.2) is 67.3 Å². The first kappa shape index (κ1) is 37.3. The van der Waals surface area contributed by atoms with E-state index in [1.165, 1.54) is 28.1 Å². The van der Waals surface area contributed by atoms with Crippen LogP contribution in [-0.2, 0) is 12.8 Å². The van der Waals surface area contributed by atoms with Gasteiger partial charge in [-0.2, -0.15) is 0 Å². The maximum atomic E-state index is 13.3. The van der Waals surface area contributed by atoms with Crippen LogP contribution in [0.15, 0.2) is 0 Å². The standard InChI is InChI=1S/C36H44O12/c1-8-11-22(37)25-31(43)20(14-18-28(40)16(4)35(47-6)26(33(18)45)23(38)12-9-2)30(42)21(32(25)44)15-19-29(41)17(5)36(48-7)27(34(19)46)24(39)13-10-3/h40-46H,8-15H2,1-7H3. The Labute approximate surface area is 278 Å². The minimum atomic E-state index is -0.834. The molecule has 0 aliphatic carbocycles. The zero-order valence-electron chi connectivity index (χ0n) is 28.3. The highest BCUT2D eigenvalue weighted by molar-refractivity contribution is 6.04. The zero-order valence-corrected chi connectivity index (χ0v) is 28.3. The Bertz CT molecular complexity index is 1650. The molecule has 0 bridgehead atoms. The van der Waals surface area contributed by atoms with Crippen molar-refractivity contribution in [3.05, 3.63) is 50.1 Å². The Kier molecular flexibility index (Phi) is 11.8. The summed E-state index contributed by atoms with van der Waals surface area (Å²) in [4.78, 5) is 39.3. The van der Waals surface area contributed by atoms with E-state index in [4.69, 9.17) is 9.47 Å². The molecule has 0 heterocycles. The molecule has 7 N–H and O–H groups in total. The monoisotopic (exact) mass is 668 g/mol. The first-order valence-corrected chi connectivity index (χ1v) is 15.7. The number of phenolic OH excluding ortho intramolecular Hbond substituents is 7. The lowest BCUT2D eigenvalue weighted by atomic mass is 9.87. The third-order valence-electron chi connectivity index (χ3n) is 8.46. The van der Waals surface area contributed by atoms with Crippen molar-refractivity contribution < 1.29 is 59.6 Å². The smallest absolute Gasteiger partial charge is 0.170 e. The topological polar surface area (TPSA) is 211 Å². The van der Waals surface area contributed by atoms with Crippen LogP contribution < -0.4 is 9.47 Å². The van der Waals surface area contributed by atoms with Crippen molar-refractivity contribution in [1.29, 1.82) is 0 Å². The molecule has 0 radical (unpaired) electrons. The molecule has 0 saturated carbocycles. The quantitative estimate of drug-likeness (QED) is 0.0878. The average Bonchev–Trinajstić information content (AvgIpc) is 3.03. The van der Waals surface area contributed by atoms with Crippen molar-refractivity contribution in [1.82, 2.24) is 0 Å². The van der Waals surface area contributed by atoms with Gasteiger partial charge in [-0.05, 0) is 33.1 Å². The number of ether oxygens (including phenoxy) is 2. The normalized spacial score (nSPS) is 11.1. The molecular weight excluding hydrogens is 624 g/mol. The van der Waals surface area contributed by atoms with Crippen molar-refractivity contribution in [3.63, 3.8) is 0 Å². The van der Waals surface area contributed by atoms with Gasteiger partial charge in [0, 0.05) is 65.5 Å². The molecule has 48 heavy (non-hydrogen) atoms. The van der Waals surface area contributed by atoms with Crippen molar-refractivity contribution in [2.45, 2.75) is 86.0 Å². The number of hydrogen-bond donors (Lipinski definition) is 7. The molecule has 0 unspecified atom stereocenters. The molecule has 3 aromatic rings. The fourth-order valence-electron chi connectivity index (χ4n) is 5.98. The van der Waals surface area contributed by atoms with Gasteiger partial charge in [-0.15, -0.1) is 0 Å². The van der Waals surface area contributed by atoms with Crippen LogP contribution in [0, 0.1) is 13.8 Å². The Morgan fingerprint density at radius 1 is 0.458 bits per heavy atom. The molecule has 3 rings (SSSR count). The Morgan fingerprint density at radius 2 is 0.729 bits per heavy atom. The van der Waals surface area contributed by atoms with E-state index < -0.39 is 87.1 Å². The van der Waals surface area contributed by atoms with Gasteiger partial charge < -0.3 is 45.2 Å². The summed E-state index contributed by atoms with van der Waals surface area (Å²) in [6, 6.07) is 0. The van der Waals surface area contributed by atoms with Crippen molar-refractivity contribution in [2.24, 2.45) is 0 Å². The van der Waals surface area contributed by atoms with E-state index >= 15 is 0 Å². The third kappa shape index (κ3) is 6.51. The number of rotatable bonds is 15. The first-order valence-electron chi connectivity index (χ1n) is 15.7. The lowest BCUT2D eigenvalue weighted by Gasteiger charge is -2.22. The van der Waals surface area contributed by atoms with Crippen LogP contribution in [0.2, 0.25) is 0 Å². The molecule has 12 heteroatoms. The van der Waals surface area contributed by atoms with E-state index in [0.29, 0.717) is 19.3 Å². The minimum absolute atomic E-state index is 0.0418. The molecule has 0 saturated heterocycles. The summed E-state index contributed by atoms with van der Waals surface area (Å²) in [5.41, 5.74) is -2.16. The predicted octanol–water partition coefficient (Wildman–Crippen LogP) is 6.39. The van der Waals surface area contributed by atoms with Gasteiger partial charge >= 0.3 is 0 Å². The molecule has 0 fully saturated rings. The summed E-state index contributed by atoms with van der Waals surface area (Å²) in [7, 11) is 2.54. The van der Waals surface area contributed by atoms with Crippen LogP contribution in [0.5, 0.6) is 51.7 Å². The van der Waals surface area contributed by atoms with E-state index in [-0.39, 0.29) is 64.1 Å². The summed E-state index contributed by atoms with van der Waals surface area (Å²) in [5.74, 6) is -6.58. The molecule has 0 spiro atoms. The van der Waals surface area contributed by atoms with Crippen LogP contribution in [0.1, 0.15) is 124 Å². The summed E-state index contributed by atoms with van der Waals surface area (Å²) in [6.07, 6.45) is -0.0874. The molecule has 260 valence electrons. The van der Waals surface area contributed by atoms with Crippen LogP contribution >= 0.6 is 0 Å². The van der Waals surface area contributed by atoms with Crippen molar-refractivity contribution in [2.75, 3.05) is 14.2 Å². The van der Waals surface area contributed by atoms with E-state index in [9.17, 15) is 50.1 Å². The molecule has 0 amide bonds. The van der Waals surface area contributed by atoms with E-state index in [1.807, 2.05) is 0 Å². The third-order valence-corrected chi connectivity index (χ3v) is 8.46. The number of carbonyl (C=O) groups is 3. The van der Waals surface area contributed by atoms with Gasteiger partial charge in [-0.3, -0.25) is 14.4 Å². The maximum absolute atomic E-state index is 13.3. The summed E-state index contributed by atoms with van der Waals surface area (Å²) in [6.45, 7) is 8.13. The van der Waals surface area contributed by atoms with Crippen molar-refractivity contribution in [3.8, 4) is 51.7 Å².